The van der Waals surface area contributed by atoms with Crippen LogP contribution < -0.4 is 10.2 Å². The number of hydrogen-bond donors (Lipinski definition) is 1. The molecule has 8 nitrogen and oxygen atoms in total. The van der Waals surface area contributed by atoms with Gasteiger partial charge in [-0.15, -0.1) is 0 Å². The molecule has 0 aliphatic carbocycles. The summed E-state index contributed by atoms with van der Waals surface area (Å²) in [6.45, 7) is 5.90. The van der Waals surface area contributed by atoms with Gasteiger partial charge >= 0.3 is 6.09 Å². The molecule has 33 heavy (non-hydrogen) atoms. The van der Waals surface area contributed by atoms with E-state index < -0.39 is 11.9 Å². The lowest BCUT2D eigenvalue weighted by Gasteiger charge is -2.35. The molecule has 0 bridgehead atoms. The molecule has 0 spiro atoms. The lowest BCUT2D eigenvalue weighted by Crippen LogP contribution is -2.46. The molecule has 3 aliphatic heterocycles. The SMILES string of the molecule is CCN(C)C1CCN(C(=O)Oc2cc(F)ccc2/C=C2\SC(N3CCCCN3)=NC2=O)CC1. The minimum Gasteiger partial charge on any atom is -0.409 e. The zero-order chi connectivity index (χ0) is 23.4. The van der Waals surface area contributed by atoms with Gasteiger partial charge in [-0.05, 0) is 69.2 Å². The number of ether oxygens (including phenoxy) is 1. The fourth-order valence-corrected chi connectivity index (χ4v) is 5.04. The Morgan fingerprint density at radius 3 is 2.82 bits per heavy atom. The molecular formula is C23H30FN5O3S. The molecule has 0 saturated carbocycles. The third-order valence-corrected chi connectivity index (χ3v) is 7.26. The molecule has 2 saturated heterocycles. The Hall–Kier alpha value is -2.43. The Morgan fingerprint density at radius 1 is 1.33 bits per heavy atom. The minimum absolute atomic E-state index is 0.0956. The van der Waals surface area contributed by atoms with E-state index in [-0.39, 0.29) is 11.7 Å². The number of amides is 2. The average Bonchev–Trinajstić information content (AvgIpc) is 3.21. The first-order valence-corrected chi connectivity index (χ1v) is 12.3. The van der Waals surface area contributed by atoms with Crippen LogP contribution in [0.3, 0.4) is 0 Å². The van der Waals surface area contributed by atoms with E-state index in [0.717, 1.165) is 45.3 Å². The van der Waals surface area contributed by atoms with Gasteiger partial charge in [0.2, 0.25) is 0 Å². The van der Waals surface area contributed by atoms with Crippen LogP contribution in [0.4, 0.5) is 9.18 Å². The molecule has 3 heterocycles. The van der Waals surface area contributed by atoms with Crippen LogP contribution in [0.2, 0.25) is 0 Å². The van der Waals surface area contributed by atoms with E-state index in [1.165, 1.54) is 30.0 Å². The number of hydrazine groups is 1. The quantitative estimate of drug-likeness (QED) is 0.670. The van der Waals surface area contributed by atoms with Crippen molar-refractivity contribution in [3.63, 3.8) is 0 Å². The van der Waals surface area contributed by atoms with Crippen molar-refractivity contribution in [1.29, 1.82) is 0 Å². The summed E-state index contributed by atoms with van der Waals surface area (Å²) in [6, 6.07) is 4.43. The van der Waals surface area contributed by atoms with Gasteiger partial charge in [0, 0.05) is 43.9 Å². The van der Waals surface area contributed by atoms with Crippen LogP contribution in [0.25, 0.3) is 6.08 Å². The van der Waals surface area contributed by atoms with Gasteiger partial charge in [-0.25, -0.2) is 14.6 Å². The van der Waals surface area contributed by atoms with Gasteiger partial charge in [0.1, 0.15) is 11.6 Å². The number of nitrogens with one attached hydrogen (secondary N) is 1. The first-order valence-electron chi connectivity index (χ1n) is 11.4. The van der Waals surface area contributed by atoms with Crippen LogP contribution in [0.15, 0.2) is 28.1 Å². The second-order valence-electron chi connectivity index (χ2n) is 8.42. The number of benzene rings is 1. The number of carbonyl (C=O) groups excluding carboxylic acids is 2. The molecule has 2 fully saturated rings. The van der Waals surface area contributed by atoms with E-state index in [4.69, 9.17) is 4.74 Å². The average molecular weight is 476 g/mol. The van der Waals surface area contributed by atoms with Gasteiger partial charge in [0.05, 0.1) is 4.91 Å². The van der Waals surface area contributed by atoms with E-state index in [9.17, 15) is 14.0 Å². The topological polar surface area (TPSA) is 77.5 Å². The number of amidine groups is 1. The third kappa shape index (κ3) is 5.74. The smallest absolute Gasteiger partial charge is 0.409 e. The highest BCUT2D eigenvalue weighted by atomic mass is 32.2. The maximum atomic E-state index is 14.0. The summed E-state index contributed by atoms with van der Waals surface area (Å²) in [7, 11) is 2.09. The molecule has 2 amide bonds. The molecule has 0 aromatic heterocycles. The van der Waals surface area contributed by atoms with E-state index in [0.29, 0.717) is 34.8 Å². The van der Waals surface area contributed by atoms with Crippen molar-refractivity contribution >= 4 is 35.0 Å². The summed E-state index contributed by atoms with van der Waals surface area (Å²) in [5, 5.41) is 2.49. The number of piperidine rings is 1. The van der Waals surface area contributed by atoms with Gasteiger partial charge in [-0.3, -0.25) is 9.80 Å². The zero-order valence-electron chi connectivity index (χ0n) is 19.1. The Balaban J connectivity index is 1.44. The van der Waals surface area contributed by atoms with Crippen LogP contribution in [0, 0.1) is 5.82 Å². The molecule has 3 aliphatic rings. The highest BCUT2D eigenvalue weighted by Crippen LogP contribution is 2.33. The van der Waals surface area contributed by atoms with Crippen LogP contribution in [-0.4, -0.2) is 77.8 Å². The van der Waals surface area contributed by atoms with Crippen molar-refractivity contribution < 1.29 is 18.7 Å². The summed E-state index contributed by atoms with van der Waals surface area (Å²) in [5.74, 6) is -0.771. The standard InChI is InChI=1S/C23H30FN5O3S/c1-3-27(2)18-8-12-28(13-9-18)23(31)32-19-15-17(24)7-6-16(19)14-20-21(30)26-22(33-20)29-11-5-4-10-25-29/h6-7,14-15,18,25H,3-5,8-13H2,1-2H3/b20-14-. The summed E-state index contributed by atoms with van der Waals surface area (Å²) in [6.07, 6.45) is 4.96. The van der Waals surface area contributed by atoms with E-state index >= 15 is 0 Å². The summed E-state index contributed by atoms with van der Waals surface area (Å²) < 4.78 is 19.6. The number of aliphatic imine (C=N–C) groups is 1. The fourth-order valence-electron chi connectivity index (χ4n) is 4.13. The molecule has 1 aromatic rings. The van der Waals surface area contributed by atoms with Crippen molar-refractivity contribution in [2.45, 2.75) is 38.6 Å². The first kappa shape index (κ1) is 23.7. The minimum atomic E-state index is -0.511. The van der Waals surface area contributed by atoms with Crippen LogP contribution in [0.1, 0.15) is 38.2 Å². The van der Waals surface area contributed by atoms with E-state index in [2.05, 4.69) is 29.3 Å². The van der Waals surface area contributed by atoms with Crippen molar-refractivity contribution in [3.8, 4) is 5.75 Å². The maximum absolute atomic E-state index is 14.0. The maximum Gasteiger partial charge on any atom is 0.415 e. The Bertz CT molecular complexity index is 955. The van der Waals surface area contributed by atoms with Crippen LogP contribution >= 0.6 is 11.8 Å². The summed E-state index contributed by atoms with van der Waals surface area (Å²) in [5.41, 5.74) is 3.70. The molecule has 0 atom stereocenters. The Labute approximate surface area is 197 Å². The number of likely N-dealkylation sites (tertiary alicyclic amines) is 1. The van der Waals surface area contributed by atoms with E-state index in [1.54, 1.807) is 11.0 Å². The molecule has 1 aromatic carbocycles. The summed E-state index contributed by atoms with van der Waals surface area (Å²) >= 11 is 1.26. The monoisotopic (exact) mass is 475 g/mol. The normalized spacial score (nSPS) is 21.2. The molecule has 1 N–H and O–H groups in total. The van der Waals surface area contributed by atoms with Gasteiger partial charge in [-0.1, -0.05) is 6.92 Å². The van der Waals surface area contributed by atoms with Gasteiger partial charge in [0.25, 0.3) is 5.91 Å². The van der Waals surface area contributed by atoms with Crippen molar-refractivity contribution in [2.75, 3.05) is 39.8 Å². The molecular weight excluding hydrogens is 445 g/mol. The van der Waals surface area contributed by atoms with Crippen LogP contribution in [-0.2, 0) is 4.79 Å². The number of carbonyl (C=O) groups is 2. The highest BCUT2D eigenvalue weighted by molar-refractivity contribution is 8.18. The number of hydrogen-bond acceptors (Lipinski definition) is 7. The summed E-state index contributed by atoms with van der Waals surface area (Å²) in [4.78, 5) is 33.7. The molecule has 0 radical (unpaired) electrons. The number of thioether (sulfide) groups is 1. The highest BCUT2D eigenvalue weighted by Gasteiger charge is 2.29. The predicted octanol–water partition coefficient (Wildman–Crippen LogP) is 3.31. The second kappa shape index (κ2) is 10.7. The van der Waals surface area contributed by atoms with Gasteiger partial charge < -0.3 is 14.5 Å². The Kier molecular flexibility index (Phi) is 7.67. The number of rotatable bonds is 4. The largest absolute Gasteiger partial charge is 0.415 e. The molecule has 178 valence electrons. The third-order valence-electron chi connectivity index (χ3n) is 6.26. The van der Waals surface area contributed by atoms with Crippen LogP contribution in [0.5, 0.6) is 5.75 Å². The predicted molar refractivity (Wildman–Crippen MR) is 127 cm³/mol. The number of halogens is 1. The lowest BCUT2D eigenvalue weighted by atomic mass is 10.0. The lowest BCUT2D eigenvalue weighted by molar-refractivity contribution is -0.113. The Morgan fingerprint density at radius 2 is 2.12 bits per heavy atom. The van der Waals surface area contributed by atoms with Crippen molar-refractivity contribution in [3.05, 3.63) is 34.5 Å². The van der Waals surface area contributed by atoms with Gasteiger partial charge in [0.15, 0.2) is 5.17 Å². The fraction of sp³-hybridized carbons (Fsp3) is 0.522. The first-order chi connectivity index (χ1) is 15.9. The zero-order valence-corrected chi connectivity index (χ0v) is 19.9. The van der Waals surface area contributed by atoms with Crippen molar-refractivity contribution in [1.82, 2.24) is 20.2 Å². The molecule has 10 heteroatoms. The van der Waals surface area contributed by atoms with Gasteiger partial charge in [-0.2, -0.15) is 4.99 Å². The molecule has 0 unspecified atom stereocenters. The molecule has 4 rings (SSSR count). The van der Waals surface area contributed by atoms with Crippen molar-refractivity contribution in [2.24, 2.45) is 4.99 Å². The number of nitrogens with zero attached hydrogens (tertiary/aromatic N) is 4. The van der Waals surface area contributed by atoms with E-state index in [1.807, 2.05) is 5.01 Å². The second-order valence-corrected chi connectivity index (χ2v) is 9.43.